The Labute approximate surface area is 107 Å². The first-order valence-corrected chi connectivity index (χ1v) is 6.38. The highest BCUT2D eigenvalue weighted by Gasteiger charge is 2.12. The van der Waals surface area contributed by atoms with Gasteiger partial charge in [-0.1, -0.05) is 18.6 Å². The molecule has 0 bridgehead atoms. The summed E-state index contributed by atoms with van der Waals surface area (Å²) in [6, 6.07) is 5.86. The van der Waals surface area contributed by atoms with Gasteiger partial charge in [0.25, 0.3) is 0 Å². The number of allylic oxidation sites excluding steroid dienone is 2. The molecule has 0 unspecified atom stereocenters. The van der Waals surface area contributed by atoms with Crippen LogP contribution in [0.1, 0.15) is 36.0 Å². The lowest BCUT2D eigenvalue weighted by Crippen LogP contribution is -2.18. The van der Waals surface area contributed by atoms with E-state index in [1.54, 1.807) is 18.2 Å². The van der Waals surface area contributed by atoms with E-state index < -0.39 is 0 Å². The van der Waals surface area contributed by atoms with Gasteiger partial charge in [-0.25, -0.2) is 4.39 Å². The van der Waals surface area contributed by atoms with Gasteiger partial charge in [-0.3, -0.25) is 4.79 Å². The molecule has 1 aromatic rings. The van der Waals surface area contributed by atoms with Crippen LogP contribution in [-0.4, -0.2) is 24.3 Å². The van der Waals surface area contributed by atoms with Crippen LogP contribution in [0.2, 0.25) is 0 Å². The minimum atomic E-state index is -0.367. The summed E-state index contributed by atoms with van der Waals surface area (Å²) in [6.07, 6.45) is 6.07. The number of rotatable bonds is 2. The monoisotopic (exact) mass is 247 g/mol. The van der Waals surface area contributed by atoms with E-state index in [0.29, 0.717) is 5.56 Å². The van der Waals surface area contributed by atoms with Crippen LogP contribution in [0.4, 0.5) is 4.39 Å². The fourth-order valence-corrected chi connectivity index (χ4v) is 2.23. The zero-order chi connectivity index (χ0) is 13.0. The second-order valence-corrected chi connectivity index (χ2v) is 4.74. The largest absolute Gasteiger partial charge is 0.378 e. The van der Waals surface area contributed by atoms with Gasteiger partial charge < -0.3 is 4.90 Å². The smallest absolute Gasteiger partial charge is 0.187 e. The maximum Gasteiger partial charge on any atom is 0.187 e. The molecule has 96 valence electrons. The molecule has 1 aromatic carbocycles. The van der Waals surface area contributed by atoms with Gasteiger partial charge in [0.2, 0.25) is 0 Å². The Morgan fingerprint density at radius 2 is 2.17 bits per heavy atom. The molecule has 2 nitrogen and oxygen atoms in total. The summed E-state index contributed by atoms with van der Waals surface area (Å²) in [5.41, 5.74) is 1.47. The minimum Gasteiger partial charge on any atom is -0.378 e. The molecule has 0 amide bonds. The summed E-state index contributed by atoms with van der Waals surface area (Å²) in [6.45, 7) is 0.988. The van der Waals surface area contributed by atoms with E-state index in [9.17, 15) is 9.18 Å². The molecule has 0 saturated carbocycles. The Kier molecular flexibility index (Phi) is 4.13. The van der Waals surface area contributed by atoms with Crippen molar-refractivity contribution < 1.29 is 9.18 Å². The molecule has 0 aromatic heterocycles. The second kappa shape index (κ2) is 5.80. The van der Waals surface area contributed by atoms with Gasteiger partial charge in [-0.2, -0.15) is 0 Å². The van der Waals surface area contributed by atoms with E-state index in [-0.39, 0.29) is 11.6 Å². The lowest BCUT2D eigenvalue weighted by atomic mass is 10.1. The van der Waals surface area contributed by atoms with Gasteiger partial charge in [0.1, 0.15) is 5.82 Å². The third-order valence-electron chi connectivity index (χ3n) is 3.32. The summed E-state index contributed by atoms with van der Waals surface area (Å²) in [5, 5.41) is 0. The van der Waals surface area contributed by atoms with Crippen LogP contribution < -0.4 is 0 Å². The summed E-state index contributed by atoms with van der Waals surface area (Å²) < 4.78 is 13.1. The van der Waals surface area contributed by atoms with Crippen molar-refractivity contribution in [2.24, 2.45) is 0 Å². The van der Waals surface area contributed by atoms with Crippen molar-refractivity contribution >= 4 is 5.78 Å². The third-order valence-corrected chi connectivity index (χ3v) is 3.32. The summed E-state index contributed by atoms with van der Waals surface area (Å²) >= 11 is 0. The van der Waals surface area contributed by atoms with Crippen molar-refractivity contribution in [1.82, 2.24) is 4.90 Å². The molecular formula is C15H18FNO. The number of hydrogen-bond acceptors (Lipinski definition) is 2. The Balaban J connectivity index is 2.18. The van der Waals surface area contributed by atoms with Gasteiger partial charge in [0.15, 0.2) is 5.78 Å². The first-order chi connectivity index (χ1) is 8.66. The second-order valence-electron chi connectivity index (χ2n) is 4.74. The number of hydrogen-bond donors (Lipinski definition) is 0. The molecular weight excluding hydrogens is 229 g/mol. The number of nitrogens with zero attached hydrogens (tertiary/aromatic N) is 1. The average molecular weight is 247 g/mol. The Morgan fingerprint density at radius 1 is 1.33 bits per heavy atom. The van der Waals surface area contributed by atoms with Crippen molar-refractivity contribution in [3.05, 3.63) is 47.4 Å². The average Bonchev–Trinajstić information content (AvgIpc) is 2.55. The van der Waals surface area contributed by atoms with E-state index in [1.165, 1.54) is 25.0 Å². The molecule has 0 radical (unpaired) electrons. The number of benzene rings is 1. The fourth-order valence-electron chi connectivity index (χ4n) is 2.23. The maximum atomic E-state index is 13.1. The molecule has 1 fully saturated rings. The third kappa shape index (κ3) is 3.19. The zero-order valence-electron chi connectivity index (χ0n) is 10.7. The van der Waals surface area contributed by atoms with E-state index in [4.69, 9.17) is 0 Å². The summed E-state index contributed by atoms with van der Waals surface area (Å²) in [7, 11) is 2.01. The SMILES string of the molecule is CN1CCCCC/C1=C/C(=O)c1cccc(F)c1. The maximum absolute atomic E-state index is 13.1. The number of halogens is 1. The van der Waals surface area contributed by atoms with Crippen molar-refractivity contribution in [1.29, 1.82) is 0 Å². The van der Waals surface area contributed by atoms with Gasteiger partial charge in [-0.05, 0) is 31.4 Å². The summed E-state index contributed by atoms with van der Waals surface area (Å²) in [4.78, 5) is 14.2. The highest BCUT2D eigenvalue weighted by atomic mass is 19.1. The number of carbonyl (C=O) groups is 1. The topological polar surface area (TPSA) is 20.3 Å². The van der Waals surface area contributed by atoms with Crippen LogP contribution >= 0.6 is 0 Å². The molecule has 2 rings (SSSR count). The summed E-state index contributed by atoms with van der Waals surface area (Å²) in [5.74, 6) is -0.480. The van der Waals surface area contributed by atoms with Gasteiger partial charge in [-0.15, -0.1) is 0 Å². The first-order valence-electron chi connectivity index (χ1n) is 6.38. The molecule has 3 heteroatoms. The Bertz CT molecular complexity index is 467. The molecule has 18 heavy (non-hydrogen) atoms. The normalized spacial score (nSPS) is 18.8. The number of carbonyl (C=O) groups excluding carboxylic acids is 1. The highest BCUT2D eigenvalue weighted by molar-refractivity contribution is 6.04. The molecule has 0 spiro atoms. The molecule has 1 aliphatic heterocycles. The lowest BCUT2D eigenvalue weighted by molar-refractivity contribution is 0.104. The van der Waals surface area contributed by atoms with E-state index in [0.717, 1.165) is 25.1 Å². The molecule has 0 aliphatic carbocycles. The number of likely N-dealkylation sites (tertiary alicyclic amines) is 1. The van der Waals surface area contributed by atoms with E-state index >= 15 is 0 Å². The molecule has 1 heterocycles. The minimum absolute atomic E-state index is 0.113. The van der Waals surface area contributed by atoms with Gasteiger partial charge >= 0.3 is 0 Å². The number of ketones is 1. The van der Waals surface area contributed by atoms with Crippen molar-refractivity contribution in [2.45, 2.75) is 25.7 Å². The zero-order valence-corrected chi connectivity index (χ0v) is 10.7. The van der Waals surface area contributed by atoms with E-state index in [1.807, 2.05) is 7.05 Å². The van der Waals surface area contributed by atoms with Crippen LogP contribution in [0.15, 0.2) is 36.0 Å². The van der Waals surface area contributed by atoms with Gasteiger partial charge in [0.05, 0.1) is 0 Å². The van der Waals surface area contributed by atoms with Crippen LogP contribution in [0.3, 0.4) is 0 Å². The standard InChI is InChI=1S/C15H18FNO/c1-17-9-4-2-3-8-14(17)11-15(18)12-6-5-7-13(16)10-12/h5-7,10-11H,2-4,8-9H2,1H3/b14-11-. The van der Waals surface area contributed by atoms with Crippen LogP contribution in [-0.2, 0) is 0 Å². The van der Waals surface area contributed by atoms with Crippen molar-refractivity contribution in [3.63, 3.8) is 0 Å². The van der Waals surface area contributed by atoms with Crippen LogP contribution in [0.5, 0.6) is 0 Å². The Hall–Kier alpha value is -1.64. The molecule has 0 atom stereocenters. The lowest BCUT2D eigenvalue weighted by Gasteiger charge is -2.19. The predicted molar refractivity (Wildman–Crippen MR) is 69.9 cm³/mol. The van der Waals surface area contributed by atoms with Gasteiger partial charge in [0, 0.05) is 30.9 Å². The van der Waals surface area contributed by atoms with Crippen LogP contribution in [0, 0.1) is 5.82 Å². The molecule has 0 N–H and O–H groups in total. The van der Waals surface area contributed by atoms with Crippen molar-refractivity contribution in [2.75, 3.05) is 13.6 Å². The van der Waals surface area contributed by atoms with E-state index in [2.05, 4.69) is 4.90 Å². The molecule has 1 aliphatic rings. The predicted octanol–water partition coefficient (Wildman–Crippen LogP) is 3.40. The molecule has 1 saturated heterocycles. The highest BCUT2D eigenvalue weighted by Crippen LogP contribution is 2.19. The fraction of sp³-hybridized carbons (Fsp3) is 0.400. The Morgan fingerprint density at radius 3 is 2.94 bits per heavy atom. The van der Waals surface area contributed by atoms with Crippen LogP contribution in [0.25, 0.3) is 0 Å². The van der Waals surface area contributed by atoms with Crippen molar-refractivity contribution in [3.8, 4) is 0 Å². The first kappa shape index (κ1) is 12.8. The quantitative estimate of drug-likeness (QED) is 0.589.